The van der Waals surface area contributed by atoms with Gasteiger partial charge in [-0.3, -0.25) is 14.9 Å². The molecule has 2 aromatic carbocycles. The van der Waals surface area contributed by atoms with Crippen molar-refractivity contribution in [3.63, 3.8) is 0 Å². The number of nitro groups is 1. The zero-order valence-corrected chi connectivity index (χ0v) is 23.1. The first-order valence-electron chi connectivity index (χ1n) is 14.7. The Morgan fingerprint density at radius 1 is 0.925 bits per heavy atom. The summed E-state index contributed by atoms with van der Waals surface area (Å²) in [6, 6.07) is 13.2. The molecule has 2 aliphatic rings. The van der Waals surface area contributed by atoms with Crippen LogP contribution in [0.2, 0.25) is 0 Å². The highest BCUT2D eigenvalue weighted by Crippen LogP contribution is 2.31. The van der Waals surface area contributed by atoms with Crippen LogP contribution in [0.15, 0.2) is 48.5 Å². The molecule has 0 spiro atoms. The van der Waals surface area contributed by atoms with Gasteiger partial charge in [-0.05, 0) is 68.2 Å². The van der Waals surface area contributed by atoms with Gasteiger partial charge in [-0.2, -0.15) is 0 Å². The van der Waals surface area contributed by atoms with Gasteiger partial charge in [-0.15, -0.1) is 0 Å². The van der Waals surface area contributed by atoms with Crippen molar-refractivity contribution in [2.45, 2.75) is 95.7 Å². The van der Waals surface area contributed by atoms with E-state index in [1.807, 2.05) is 30.3 Å². The van der Waals surface area contributed by atoms with Gasteiger partial charge in [0, 0.05) is 30.6 Å². The zero-order chi connectivity index (χ0) is 28.3. The molecular weight excluding hydrogens is 510 g/mol. The van der Waals surface area contributed by atoms with Gasteiger partial charge in [0.05, 0.1) is 4.92 Å². The molecule has 216 valence electrons. The first kappa shape index (κ1) is 29.5. The van der Waals surface area contributed by atoms with Gasteiger partial charge in [0.25, 0.3) is 5.69 Å². The van der Waals surface area contributed by atoms with Crippen LogP contribution in [-0.2, 0) is 16.1 Å². The van der Waals surface area contributed by atoms with E-state index in [1.165, 1.54) is 12.5 Å². The lowest BCUT2D eigenvalue weighted by Gasteiger charge is -2.32. The average Bonchev–Trinajstić information content (AvgIpc) is 2.97. The summed E-state index contributed by atoms with van der Waals surface area (Å²) >= 11 is 0. The average molecular weight is 552 g/mol. The highest BCUT2D eigenvalue weighted by Gasteiger charge is 2.31. The number of para-hydroxylation sites is 1. The predicted octanol–water partition coefficient (Wildman–Crippen LogP) is 6.36. The Hall–Kier alpha value is -3.46. The summed E-state index contributed by atoms with van der Waals surface area (Å²) in [7, 11) is 0. The minimum Gasteiger partial charge on any atom is -0.480 e. The second kappa shape index (κ2) is 14.8. The van der Waals surface area contributed by atoms with Gasteiger partial charge in [-0.1, -0.05) is 56.7 Å². The number of rotatable bonds is 13. The number of amides is 1. The molecule has 2 aromatic rings. The molecule has 2 aliphatic carbocycles. The van der Waals surface area contributed by atoms with Crippen LogP contribution in [0.25, 0.3) is 0 Å². The number of hydrogen-bond donors (Lipinski definition) is 3. The SMILES string of the molecule is O=C(CCC(NCc1cc(Oc2ccccc2)ccc1[N+](=O)[O-])C1CCCCC1)NC(C(=O)O)C1CCCCC1. The summed E-state index contributed by atoms with van der Waals surface area (Å²) in [5.74, 6) is 0.294. The van der Waals surface area contributed by atoms with Crippen molar-refractivity contribution in [2.24, 2.45) is 11.8 Å². The Labute approximate surface area is 235 Å². The van der Waals surface area contributed by atoms with Gasteiger partial charge in [0.1, 0.15) is 17.5 Å². The normalized spacial score (nSPS) is 18.0. The molecule has 9 heteroatoms. The lowest BCUT2D eigenvalue weighted by atomic mass is 9.82. The van der Waals surface area contributed by atoms with Crippen molar-refractivity contribution in [2.75, 3.05) is 0 Å². The predicted molar refractivity (Wildman–Crippen MR) is 152 cm³/mol. The number of carboxylic acid groups (broad SMARTS) is 1. The molecule has 1 amide bonds. The first-order valence-corrected chi connectivity index (χ1v) is 14.7. The van der Waals surface area contributed by atoms with E-state index in [9.17, 15) is 24.8 Å². The van der Waals surface area contributed by atoms with Crippen molar-refractivity contribution >= 4 is 17.6 Å². The maximum atomic E-state index is 12.9. The molecule has 0 saturated heterocycles. The van der Waals surface area contributed by atoms with Crippen molar-refractivity contribution in [1.29, 1.82) is 0 Å². The highest BCUT2D eigenvalue weighted by molar-refractivity contribution is 5.83. The Kier molecular flexibility index (Phi) is 10.9. The first-order chi connectivity index (χ1) is 19.4. The summed E-state index contributed by atoms with van der Waals surface area (Å²) in [6.07, 6.45) is 11.0. The number of carboxylic acids is 1. The summed E-state index contributed by atoms with van der Waals surface area (Å²) in [5.41, 5.74) is 0.539. The molecule has 0 aromatic heterocycles. The molecule has 4 rings (SSSR count). The Morgan fingerprint density at radius 3 is 2.20 bits per heavy atom. The quantitative estimate of drug-likeness (QED) is 0.195. The molecule has 0 bridgehead atoms. The molecule has 0 heterocycles. The number of ether oxygens (including phenoxy) is 1. The van der Waals surface area contributed by atoms with E-state index in [4.69, 9.17) is 4.74 Å². The minimum atomic E-state index is -0.966. The fourth-order valence-corrected chi connectivity index (χ4v) is 6.23. The molecule has 2 fully saturated rings. The topological polar surface area (TPSA) is 131 Å². The second-order valence-electron chi connectivity index (χ2n) is 11.2. The Balaban J connectivity index is 1.42. The van der Waals surface area contributed by atoms with E-state index in [1.54, 1.807) is 12.1 Å². The van der Waals surface area contributed by atoms with Crippen LogP contribution in [0, 0.1) is 22.0 Å². The maximum absolute atomic E-state index is 12.9. The van der Waals surface area contributed by atoms with Crippen LogP contribution in [0.3, 0.4) is 0 Å². The molecule has 9 nitrogen and oxygen atoms in total. The number of nitrogens with zero attached hydrogens (tertiary/aromatic N) is 1. The largest absolute Gasteiger partial charge is 0.480 e. The molecule has 2 saturated carbocycles. The number of carbonyl (C=O) groups is 2. The number of nitrogens with one attached hydrogen (secondary N) is 2. The van der Waals surface area contributed by atoms with Gasteiger partial charge in [0.15, 0.2) is 0 Å². The molecule has 0 aliphatic heterocycles. The summed E-state index contributed by atoms with van der Waals surface area (Å²) < 4.78 is 5.91. The number of hydrogen-bond acceptors (Lipinski definition) is 6. The smallest absolute Gasteiger partial charge is 0.326 e. The highest BCUT2D eigenvalue weighted by atomic mass is 16.6. The van der Waals surface area contributed by atoms with E-state index < -0.39 is 12.0 Å². The molecular formula is C31H41N3O6. The number of nitro benzene ring substituents is 1. The third-order valence-electron chi connectivity index (χ3n) is 8.39. The van der Waals surface area contributed by atoms with Crippen LogP contribution in [0.4, 0.5) is 5.69 Å². The Morgan fingerprint density at radius 2 is 1.57 bits per heavy atom. The lowest BCUT2D eigenvalue weighted by molar-refractivity contribution is -0.385. The van der Waals surface area contributed by atoms with Gasteiger partial charge in [0.2, 0.25) is 5.91 Å². The Bertz CT molecular complexity index is 1130. The standard InChI is InChI=1S/C31H41N3O6/c35-29(33-30(31(36)37)23-12-6-2-7-13-23)19-17-27(22-10-4-1-5-11-22)32-21-24-20-26(16-18-28(24)34(38)39)40-25-14-8-3-9-15-25/h3,8-9,14-16,18,20,22-23,27,30,32H,1-2,4-7,10-13,17,19,21H2,(H,33,35)(H,36,37). The summed E-state index contributed by atoms with van der Waals surface area (Å²) in [4.78, 5) is 36.2. The van der Waals surface area contributed by atoms with Crippen LogP contribution in [-0.4, -0.2) is 34.0 Å². The van der Waals surface area contributed by atoms with Crippen LogP contribution >= 0.6 is 0 Å². The molecule has 0 radical (unpaired) electrons. The number of carbonyl (C=O) groups excluding carboxylic acids is 1. The van der Waals surface area contributed by atoms with Gasteiger partial charge < -0.3 is 20.5 Å². The van der Waals surface area contributed by atoms with Crippen LogP contribution in [0.5, 0.6) is 11.5 Å². The molecule has 3 N–H and O–H groups in total. The van der Waals surface area contributed by atoms with Gasteiger partial charge >= 0.3 is 5.97 Å². The summed E-state index contributed by atoms with van der Waals surface area (Å²) in [5, 5.41) is 27.9. The van der Waals surface area contributed by atoms with E-state index in [0.717, 1.165) is 57.8 Å². The minimum absolute atomic E-state index is 0.0117. The number of aliphatic carboxylic acids is 1. The van der Waals surface area contributed by atoms with E-state index >= 15 is 0 Å². The van der Waals surface area contributed by atoms with E-state index in [-0.39, 0.29) is 41.4 Å². The fraction of sp³-hybridized carbons (Fsp3) is 0.548. The third kappa shape index (κ3) is 8.52. The van der Waals surface area contributed by atoms with Crippen molar-refractivity contribution < 1.29 is 24.4 Å². The number of benzene rings is 2. The molecule has 2 unspecified atom stereocenters. The summed E-state index contributed by atoms with van der Waals surface area (Å²) in [6.45, 7) is 0.269. The maximum Gasteiger partial charge on any atom is 0.326 e. The van der Waals surface area contributed by atoms with Gasteiger partial charge in [-0.25, -0.2) is 4.79 Å². The fourth-order valence-electron chi connectivity index (χ4n) is 6.23. The van der Waals surface area contributed by atoms with E-state index in [2.05, 4.69) is 10.6 Å². The van der Waals surface area contributed by atoms with Crippen molar-refractivity contribution in [1.82, 2.24) is 10.6 Å². The lowest BCUT2D eigenvalue weighted by Crippen LogP contribution is -2.47. The van der Waals surface area contributed by atoms with Crippen LogP contribution in [0.1, 0.15) is 82.6 Å². The molecule has 40 heavy (non-hydrogen) atoms. The van der Waals surface area contributed by atoms with E-state index in [0.29, 0.717) is 29.4 Å². The van der Waals surface area contributed by atoms with Crippen LogP contribution < -0.4 is 15.4 Å². The second-order valence-corrected chi connectivity index (χ2v) is 11.2. The monoisotopic (exact) mass is 551 g/mol. The van der Waals surface area contributed by atoms with Crippen molar-refractivity contribution in [3.8, 4) is 11.5 Å². The molecule has 2 atom stereocenters. The van der Waals surface area contributed by atoms with Crippen molar-refractivity contribution in [3.05, 3.63) is 64.2 Å². The third-order valence-corrected chi connectivity index (χ3v) is 8.39. The zero-order valence-electron chi connectivity index (χ0n) is 23.1.